The van der Waals surface area contributed by atoms with Gasteiger partial charge >= 0.3 is 0 Å². The van der Waals surface area contributed by atoms with Crippen molar-refractivity contribution in [2.45, 2.75) is 20.4 Å². The molecule has 33 heavy (non-hydrogen) atoms. The average molecular weight is 444 g/mol. The van der Waals surface area contributed by atoms with Gasteiger partial charge in [-0.15, -0.1) is 0 Å². The number of carbonyl (C=O) groups is 1. The molecular formula is C23H20N6O4. The number of nitrogens with one attached hydrogen (secondary N) is 1. The first kappa shape index (κ1) is 21.6. The molecule has 10 heteroatoms. The predicted molar refractivity (Wildman–Crippen MR) is 122 cm³/mol. The van der Waals surface area contributed by atoms with Gasteiger partial charge in [-0.05, 0) is 25.5 Å². The Balaban J connectivity index is 1.69. The standard InChI is InChI=1S/C23H20N6O4/c1-15-12-21(27(25-15)14-17-8-4-3-5-9-17)24-23(31)22-20(30)13-16(2)28(26-22)18-10-6-7-11-19(18)29(32)33/h3-13H,14H2,1-2H3,(H,24,31). The molecule has 0 aliphatic carbocycles. The number of para-hydroxylation sites is 2. The molecule has 4 aromatic rings. The van der Waals surface area contributed by atoms with Crippen LogP contribution in [0.3, 0.4) is 0 Å². The number of carbonyl (C=O) groups excluding carboxylic acids is 1. The molecule has 2 aromatic carbocycles. The van der Waals surface area contributed by atoms with Crippen molar-refractivity contribution in [3.8, 4) is 5.69 Å². The normalized spacial score (nSPS) is 10.7. The molecule has 0 atom stereocenters. The minimum atomic E-state index is -0.735. The van der Waals surface area contributed by atoms with E-state index in [0.29, 0.717) is 23.8 Å². The van der Waals surface area contributed by atoms with Gasteiger partial charge in [-0.3, -0.25) is 19.7 Å². The van der Waals surface area contributed by atoms with Crippen molar-refractivity contribution in [3.05, 3.63) is 110 Å². The highest BCUT2D eigenvalue weighted by atomic mass is 16.6. The largest absolute Gasteiger partial charge is 0.305 e. The van der Waals surface area contributed by atoms with Gasteiger partial charge in [-0.2, -0.15) is 10.2 Å². The maximum atomic E-state index is 13.0. The maximum Gasteiger partial charge on any atom is 0.294 e. The molecule has 0 saturated heterocycles. The number of nitro benzene ring substituents is 1. The van der Waals surface area contributed by atoms with E-state index in [-0.39, 0.29) is 17.1 Å². The van der Waals surface area contributed by atoms with Gasteiger partial charge in [-0.1, -0.05) is 42.5 Å². The Morgan fingerprint density at radius 3 is 2.45 bits per heavy atom. The Kier molecular flexibility index (Phi) is 5.81. The Hall–Kier alpha value is -4.60. The Morgan fingerprint density at radius 2 is 1.73 bits per heavy atom. The molecule has 0 bridgehead atoms. The van der Waals surface area contributed by atoms with Crippen LogP contribution in [0.1, 0.15) is 27.4 Å². The molecule has 1 N–H and O–H groups in total. The highest BCUT2D eigenvalue weighted by Crippen LogP contribution is 2.22. The average Bonchev–Trinajstić information content (AvgIpc) is 3.12. The van der Waals surface area contributed by atoms with Crippen molar-refractivity contribution in [1.82, 2.24) is 19.6 Å². The highest BCUT2D eigenvalue weighted by molar-refractivity contribution is 6.02. The third kappa shape index (κ3) is 4.54. The van der Waals surface area contributed by atoms with Crippen LogP contribution in [0.4, 0.5) is 11.5 Å². The van der Waals surface area contributed by atoms with Crippen molar-refractivity contribution < 1.29 is 9.72 Å². The smallest absolute Gasteiger partial charge is 0.294 e. The zero-order valence-corrected chi connectivity index (χ0v) is 17.9. The van der Waals surface area contributed by atoms with E-state index in [1.807, 2.05) is 30.3 Å². The van der Waals surface area contributed by atoms with Gasteiger partial charge in [0.05, 0.1) is 17.2 Å². The van der Waals surface area contributed by atoms with E-state index >= 15 is 0 Å². The summed E-state index contributed by atoms with van der Waals surface area (Å²) in [6.45, 7) is 3.81. The van der Waals surface area contributed by atoms with Crippen LogP contribution in [0.25, 0.3) is 5.69 Å². The van der Waals surface area contributed by atoms with Crippen LogP contribution in [-0.4, -0.2) is 30.4 Å². The van der Waals surface area contributed by atoms with Gasteiger partial charge < -0.3 is 5.32 Å². The number of amides is 1. The molecule has 0 spiro atoms. The SMILES string of the molecule is Cc1cc(NC(=O)c2nn(-c3ccccc3[N+](=O)[O-])c(C)cc2=O)n(Cc2ccccc2)n1. The molecule has 0 aliphatic rings. The summed E-state index contributed by atoms with van der Waals surface area (Å²) in [6.07, 6.45) is 0. The maximum absolute atomic E-state index is 13.0. The summed E-state index contributed by atoms with van der Waals surface area (Å²) in [5.41, 5.74) is 1.02. The number of benzene rings is 2. The minimum absolute atomic E-state index is 0.152. The monoisotopic (exact) mass is 444 g/mol. The Labute approximate surface area is 188 Å². The molecular weight excluding hydrogens is 424 g/mol. The second-order valence-electron chi connectivity index (χ2n) is 7.42. The minimum Gasteiger partial charge on any atom is -0.305 e. The van der Waals surface area contributed by atoms with Crippen LogP contribution in [0.5, 0.6) is 0 Å². The van der Waals surface area contributed by atoms with E-state index in [0.717, 1.165) is 5.56 Å². The van der Waals surface area contributed by atoms with Gasteiger partial charge in [0.1, 0.15) is 11.5 Å². The summed E-state index contributed by atoms with van der Waals surface area (Å²) < 4.78 is 2.85. The van der Waals surface area contributed by atoms with E-state index < -0.39 is 16.3 Å². The van der Waals surface area contributed by atoms with Crippen molar-refractivity contribution in [1.29, 1.82) is 0 Å². The lowest BCUT2D eigenvalue weighted by molar-refractivity contribution is -0.384. The predicted octanol–water partition coefficient (Wildman–Crippen LogP) is 3.25. The van der Waals surface area contributed by atoms with Gasteiger partial charge in [0.25, 0.3) is 11.6 Å². The number of anilines is 1. The molecule has 166 valence electrons. The van der Waals surface area contributed by atoms with Crippen molar-refractivity contribution in [3.63, 3.8) is 0 Å². The van der Waals surface area contributed by atoms with E-state index in [1.54, 1.807) is 30.7 Å². The summed E-state index contributed by atoms with van der Waals surface area (Å²) >= 11 is 0. The van der Waals surface area contributed by atoms with Crippen molar-refractivity contribution >= 4 is 17.4 Å². The van der Waals surface area contributed by atoms with E-state index in [2.05, 4.69) is 15.5 Å². The van der Waals surface area contributed by atoms with Crippen LogP contribution in [0, 0.1) is 24.0 Å². The van der Waals surface area contributed by atoms with Crippen molar-refractivity contribution in [2.75, 3.05) is 5.32 Å². The number of nitrogens with zero attached hydrogens (tertiary/aromatic N) is 5. The Morgan fingerprint density at radius 1 is 1.03 bits per heavy atom. The molecule has 1 amide bonds. The number of aromatic nitrogens is 4. The van der Waals surface area contributed by atoms with Gasteiger partial charge in [0, 0.05) is 23.9 Å². The fraction of sp³-hybridized carbons (Fsp3) is 0.130. The van der Waals surface area contributed by atoms with E-state index in [9.17, 15) is 19.7 Å². The first-order chi connectivity index (χ1) is 15.8. The molecule has 0 fully saturated rings. The van der Waals surface area contributed by atoms with Gasteiger partial charge in [-0.25, -0.2) is 9.36 Å². The van der Waals surface area contributed by atoms with Crippen LogP contribution >= 0.6 is 0 Å². The zero-order chi connectivity index (χ0) is 23.5. The molecule has 0 aliphatic heterocycles. The molecule has 2 aromatic heterocycles. The van der Waals surface area contributed by atoms with Gasteiger partial charge in [0.2, 0.25) is 5.43 Å². The highest BCUT2D eigenvalue weighted by Gasteiger charge is 2.21. The summed E-state index contributed by atoms with van der Waals surface area (Å²) in [5.74, 6) is -0.332. The lowest BCUT2D eigenvalue weighted by Crippen LogP contribution is -2.28. The number of hydrogen-bond donors (Lipinski definition) is 1. The number of aryl methyl sites for hydroxylation is 2. The lowest BCUT2D eigenvalue weighted by atomic mass is 10.2. The topological polar surface area (TPSA) is 125 Å². The fourth-order valence-corrected chi connectivity index (χ4v) is 3.44. The summed E-state index contributed by atoms with van der Waals surface area (Å²) in [6, 6.07) is 18.5. The lowest BCUT2D eigenvalue weighted by Gasteiger charge is -2.12. The molecule has 4 rings (SSSR count). The number of rotatable bonds is 6. The third-order valence-corrected chi connectivity index (χ3v) is 4.95. The second kappa shape index (κ2) is 8.87. The number of hydrogen-bond acceptors (Lipinski definition) is 6. The zero-order valence-electron chi connectivity index (χ0n) is 17.9. The van der Waals surface area contributed by atoms with Crippen molar-refractivity contribution in [2.24, 2.45) is 0 Å². The van der Waals surface area contributed by atoms with Crippen LogP contribution in [0.2, 0.25) is 0 Å². The first-order valence-electron chi connectivity index (χ1n) is 10.1. The van der Waals surface area contributed by atoms with E-state index in [4.69, 9.17) is 0 Å². The molecule has 0 saturated carbocycles. The fourth-order valence-electron chi connectivity index (χ4n) is 3.44. The second-order valence-corrected chi connectivity index (χ2v) is 7.42. The summed E-state index contributed by atoms with van der Waals surface area (Å²) in [5, 5.41) is 22.7. The quantitative estimate of drug-likeness (QED) is 0.359. The van der Waals surface area contributed by atoms with Crippen LogP contribution < -0.4 is 10.7 Å². The van der Waals surface area contributed by atoms with Gasteiger partial charge in [0.15, 0.2) is 5.69 Å². The molecule has 2 heterocycles. The van der Waals surface area contributed by atoms with Crippen LogP contribution in [0.15, 0.2) is 71.5 Å². The summed E-state index contributed by atoms with van der Waals surface area (Å²) in [4.78, 5) is 36.5. The van der Waals surface area contributed by atoms with E-state index in [1.165, 1.54) is 28.9 Å². The first-order valence-corrected chi connectivity index (χ1v) is 10.1. The van der Waals surface area contributed by atoms with Crippen LogP contribution in [-0.2, 0) is 6.54 Å². The summed E-state index contributed by atoms with van der Waals surface area (Å²) in [7, 11) is 0. The molecule has 0 unspecified atom stereocenters. The molecule has 0 radical (unpaired) electrons. The third-order valence-electron chi connectivity index (χ3n) is 4.95. The Bertz CT molecular complexity index is 1410. The number of nitro groups is 1. The molecule has 10 nitrogen and oxygen atoms in total.